The predicted octanol–water partition coefficient (Wildman–Crippen LogP) is 3.94. The van der Waals surface area contributed by atoms with Gasteiger partial charge in [-0.15, -0.1) is 0 Å². The monoisotopic (exact) mass is 486 g/mol. The second kappa shape index (κ2) is 7.72. The van der Waals surface area contributed by atoms with Crippen molar-refractivity contribution in [3.8, 4) is 0 Å². The molecule has 4 fully saturated rings. The van der Waals surface area contributed by atoms with E-state index in [2.05, 4.69) is 4.72 Å². The molecule has 4 aliphatic carbocycles. The van der Waals surface area contributed by atoms with Crippen LogP contribution in [0.15, 0.2) is 23.1 Å². The van der Waals surface area contributed by atoms with Crippen LogP contribution in [0.1, 0.15) is 52.4 Å². The molecule has 170 valence electrons. The summed E-state index contributed by atoms with van der Waals surface area (Å²) in [5, 5.41) is 0.00192. The van der Waals surface area contributed by atoms with E-state index in [-0.39, 0.29) is 50.8 Å². The van der Waals surface area contributed by atoms with Crippen molar-refractivity contribution in [3.63, 3.8) is 0 Å². The Balaban J connectivity index is 1.51. The number of sulfonamides is 1. The molecule has 0 radical (unpaired) electrons. The molecule has 0 aliphatic heterocycles. The zero-order chi connectivity index (χ0) is 22.8. The molecule has 9 heteroatoms. The fourth-order valence-corrected chi connectivity index (χ4v) is 8.96. The maximum Gasteiger partial charge on any atom is 0.244 e. The smallest absolute Gasteiger partial charge is 0.244 e. The molecule has 0 spiro atoms. The van der Waals surface area contributed by atoms with Crippen molar-refractivity contribution in [3.05, 3.63) is 28.2 Å². The minimum Gasteiger partial charge on any atom is -0.369 e. The fourth-order valence-electron chi connectivity index (χ4n) is 6.42. The highest BCUT2D eigenvalue weighted by Gasteiger charge is 2.58. The predicted molar refractivity (Wildman–Crippen MR) is 119 cm³/mol. The topological polar surface area (TPSA) is 106 Å². The van der Waals surface area contributed by atoms with Gasteiger partial charge in [0.2, 0.25) is 15.9 Å². The molecule has 1 aromatic rings. The number of benzene rings is 1. The zero-order valence-electron chi connectivity index (χ0n) is 17.7. The van der Waals surface area contributed by atoms with Crippen molar-refractivity contribution >= 4 is 44.9 Å². The maximum atomic E-state index is 13.3. The number of nitrogens with one attached hydrogen (secondary N) is 1. The minimum absolute atomic E-state index is 0.000960. The lowest BCUT2D eigenvalue weighted by molar-refractivity contribution is -0.152. The molecule has 0 heterocycles. The fraction of sp³-hybridized carbons (Fsp3) is 0.636. The van der Waals surface area contributed by atoms with Gasteiger partial charge in [-0.1, -0.05) is 29.3 Å². The summed E-state index contributed by atoms with van der Waals surface area (Å²) in [5.74, 6) is 0.849. The molecule has 1 amide bonds. The van der Waals surface area contributed by atoms with Crippen molar-refractivity contribution in [1.82, 2.24) is 4.72 Å². The van der Waals surface area contributed by atoms with Crippen molar-refractivity contribution in [2.75, 3.05) is 0 Å². The van der Waals surface area contributed by atoms with Crippen LogP contribution in [0, 0.1) is 29.1 Å². The van der Waals surface area contributed by atoms with Crippen LogP contribution in [0.25, 0.3) is 0 Å². The molecule has 1 aromatic carbocycles. The molecule has 5 rings (SSSR count). The number of primary amides is 1. The van der Waals surface area contributed by atoms with Gasteiger partial charge in [-0.3, -0.25) is 9.59 Å². The third kappa shape index (κ3) is 4.03. The van der Waals surface area contributed by atoms with Gasteiger partial charge in [-0.2, -0.15) is 4.72 Å². The highest BCUT2D eigenvalue weighted by molar-refractivity contribution is 7.89. The van der Waals surface area contributed by atoms with E-state index in [0.29, 0.717) is 5.92 Å². The average Bonchev–Trinajstić information content (AvgIpc) is 2.62. The molecule has 0 aromatic heterocycles. The number of Topliss-reactive ketones (excluding diaryl/α,β-unsaturated/α-hetero) is 1. The summed E-state index contributed by atoms with van der Waals surface area (Å²) in [7, 11) is -4.10. The van der Waals surface area contributed by atoms with E-state index in [1.165, 1.54) is 12.1 Å². The first-order chi connectivity index (χ1) is 14.3. The number of carbonyl (C=O) groups is 2. The Morgan fingerprint density at radius 3 is 2.19 bits per heavy atom. The highest BCUT2D eigenvalue weighted by atomic mass is 35.5. The lowest BCUT2D eigenvalue weighted by Gasteiger charge is -2.59. The van der Waals surface area contributed by atoms with Crippen LogP contribution in [0.2, 0.25) is 10.0 Å². The lowest BCUT2D eigenvalue weighted by Crippen LogP contribution is -2.57. The molecular weight excluding hydrogens is 459 g/mol. The first-order valence-electron chi connectivity index (χ1n) is 10.7. The molecule has 4 aliphatic rings. The third-order valence-electron chi connectivity index (χ3n) is 7.69. The van der Waals surface area contributed by atoms with E-state index in [1.54, 1.807) is 19.9 Å². The van der Waals surface area contributed by atoms with E-state index < -0.39 is 21.0 Å². The summed E-state index contributed by atoms with van der Waals surface area (Å²) in [6.45, 7) is 3.14. The Kier molecular flexibility index (Phi) is 5.73. The van der Waals surface area contributed by atoms with E-state index in [4.69, 9.17) is 28.9 Å². The lowest BCUT2D eigenvalue weighted by atomic mass is 9.45. The van der Waals surface area contributed by atoms with E-state index in [9.17, 15) is 18.0 Å². The van der Waals surface area contributed by atoms with Crippen LogP contribution < -0.4 is 10.5 Å². The van der Waals surface area contributed by atoms with E-state index in [1.807, 2.05) is 0 Å². The van der Waals surface area contributed by atoms with Gasteiger partial charge < -0.3 is 5.73 Å². The third-order valence-corrected chi connectivity index (χ3v) is 10.3. The van der Waals surface area contributed by atoms with Gasteiger partial charge in [0.1, 0.15) is 4.90 Å². The van der Waals surface area contributed by atoms with Crippen molar-refractivity contribution in [2.24, 2.45) is 34.8 Å². The van der Waals surface area contributed by atoms with Crippen LogP contribution in [-0.4, -0.2) is 25.6 Å². The van der Waals surface area contributed by atoms with E-state index >= 15 is 0 Å². The van der Waals surface area contributed by atoms with Gasteiger partial charge in [0.05, 0.1) is 15.6 Å². The quantitative estimate of drug-likeness (QED) is 0.608. The van der Waals surface area contributed by atoms with Crippen LogP contribution in [-0.2, 0) is 19.6 Å². The van der Waals surface area contributed by atoms with E-state index in [0.717, 1.165) is 32.1 Å². The molecule has 4 bridgehead atoms. The van der Waals surface area contributed by atoms with Gasteiger partial charge >= 0.3 is 0 Å². The summed E-state index contributed by atoms with van der Waals surface area (Å²) in [5.41, 5.74) is 4.02. The molecule has 4 saturated carbocycles. The molecule has 2 unspecified atom stereocenters. The summed E-state index contributed by atoms with van der Waals surface area (Å²) in [6, 6.07) is 4.45. The van der Waals surface area contributed by atoms with Crippen molar-refractivity contribution < 1.29 is 18.0 Å². The first-order valence-corrected chi connectivity index (χ1v) is 12.9. The largest absolute Gasteiger partial charge is 0.369 e. The molecule has 31 heavy (non-hydrogen) atoms. The number of halogens is 2. The highest BCUT2D eigenvalue weighted by Crippen LogP contribution is 2.62. The Labute approximate surface area is 193 Å². The van der Waals surface area contributed by atoms with Crippen LogP contribution in [0.3, 0.4) is 0 Å². The van der Waals surface area contributed by atoms with Crippen LogP contribution >= 0.6 is 23.2 Å². The number of hydrogen-bond acceptors (Lipinski definition) is 4. The summed E-state index contributed by atoms with van der Waals surface area (Å²) in [4.78, 5) is 25.2. The number of carbonyl (C=O) groups excluding carboxylic acids is 2. The number of rotatable bonds is 7. The standard InChI is InChI=1S/C22H28Cl2N2O4S/c1-21(2,26-31(29,30)19-16(23)4-3-5-17(19)24)18(27)8-15-13-6-12-7-14(15)11-22(9-12,10-13)20(25)28/h3-5,12-15,26H,6-11H2,1-2H3,(H2,25,28). The molecule has 3 N–H and O–H groups in total. The van der Waals surface area contributed by atoms with Gasteiger partial charge in [0.15, 0.2) is 5.78 Å². The second-order valence-electron chi connectivity index (χ2n) is 10.2. The molecule has 0 saturated heterocycles. The number of nitrogens with two attached hydrogens (primary N) is 1. The Hall–Kier alpha value is -1.15. The van der Waals surface area contributed by atoms with Gasteiger partial charge in [0.25, 0.3) is 0 Å². The zero-order valence-corrected chi connectivity index (χ0v) is 20.0. The molecule has 6 nitrogen and oxygen atoms in total. The summed E-state index contributed by atoms with van der Waals surface area (Å²) < 4.78 is 28.4. The Bertz CT molecular complexity index is 1000. The first kappa shape index (κ1) is 23.0. The SMILES string of the molecule is CC(C)(NS(=O)(=O)c1c(Cl)cccc1Cl)C(=O)CC1C2CC3CC1CC(C(N)=O)(C3)C2. The minimum atomic E-state index is -4.10. The number of hydrogen-bond donors (Lipinski definition) is 2. The average molecular weight is 487 g/mol. The van der Waals surface area contributed by atoms with Gasteiger partial charge in [-0.05, 0) is 81.8 Å². The van der Waals surface area contributed by atoms with Crippen LogP contribution in [0.5, 0.6) is 0 Å². The van der Waals surface area contributed by atoms with Crippen molar-refractivity contribution in [2.45, 2.75) is 62.8 Å². The normalized spacial score (nSPS) is 32.3. The van der Waals surface area contributed by atoms with Gasteiger partial charge in [-0.25, -0.2) is 8.42 Å². The summed E-state index contributed by atoms with van der Waals surface area (Å²) in [6.07, 6.45) is 4.68. The number of ketones is 1. The summed E-state index contributed by atoms with van der Waals surface area (Å²) >= 11 is 12.1. The van der Waals surface area contributed by atoms with Gasteiger partial charge in [0, 0.05) is 11.8 Å². The Morgan fingerprint density at radius 1 is 1.13 bits per heavy atom. The molecule has 2 atom stereocenters. The number of amides is 1. The van der Waals surface area contributed by atoms with Crippen LogP contribution in [0.4, 0.5) is 0 Å². The van der Waals surface area contributed by atoms with Crippen molar-refractivity contribution in [1.29, 1.82) is 0 Å². The Morgan fingerprint density at radius 2 is 1.68 bits per heavy atom. The maximum absolute atomic E-state index is 13.3. The second-order valence-corrected chi connectivity index (χ2v) is 12.6. The molecular formula is C22H28Cl2N2O4S.